The summed E-state index contributed by atoms with van der Waals surface area (Å²) in [5.74, 6) is -0.982. The van der Waals surface area contributed by atoms with Gasteiger partial charge in [-0.2, -0.15) is 5.10 Å². The molecule has 0 aliphatic rings. The van der Waals surface area contributed by atoms with E-state index >= 15 is 0 Å². The molecule has 0 aliphatic carbocycles. The summed E-state index contributed by atoms with van der Waals surface area (Å²) in [6.07, 6.45) is 2.80. The van der Waals surface area contributed by atoms with Gasteiger partial charge in [-0.1, -0.05) is 0 Å². The standard InChI is InChI=1S/C15H16N6O3S/c1-8-10(11(18-20(8)4)14(24)19(2)3)17-12(22)9-7-16-15-21(13(9)23)5-6-25-15/h5-7H,1-4H3,(H,17,22). The van der Waals surface area contributed by atoms with E-state index in [0.29, 0.717) is 10.7 Å². The Hall–Kier alpha value is -3.01. The minimum Gasteiger partial charge on any atom is -0.343 e. The number of hydrogen-bond acceptors (Lipinski definition) is 6. The Labute approximate surface area is 146 Å². The smallest absolute Gasteiger partial charge is 0.276 e. The second-order valence-electron chi connectivity index (χ2n) is 5.62. The van der Waals surface area contributed by atoms with E-state index < -0.39 is 11.5 Å². The third-order valence-corrected chi connectivity index (χ3v) is 4.54. The number of anilines is 1. The van der Waals surface area contributed by atoms with Gasteiger partial charge in [0.1, 0.15) is 5.56 Å². The van der Waals surface area contributed by atoms with Crippen LogP contribution in [0.3, 0.4) is 0 Å². The first-order valence-electron chi connectivity index (χ1n) is 7.32. The monoisotopic (exact) mass is 360 g/mol. The summed E-state index contributed by atoms with van der Waals surface area (Å²) in [6.45, 7) is 1.72. The molecule has 3 heterocycles. The Morgan fingerprint density at radius 2 is 2.04 bits per heavy atom. The van der Waals surface area contributed by atoms with Gasteiger partial charge in [-0.25, -0.2) is 4.98 Å². The van der Waals surface area contributed by atoms with Gasteiger partial charge in [0.05, 0.1) is 11.4 Å². The molecular formula is C15H16N6O3S. The fourth-order valence-corrected chi connectivity index (χ4v) is 2.96. The predicted molar refractivity (Wildman–Crippen MR) is 93.3 cm³/mol. The van der Waals surface area contributed by atoms with Crippen LogP contribution in [0.5, 0.6) is 0 Å². The number of hydrogen-bond donors (Lipinski definition) is 1. The summed E-state index contributed by atoms with van der Waals surface area (Å²) < 4.78 is 2.81. The molecule has 25 heavy (non-hydrogen) atoms. The van der Waals surface area contributed by atoms with Gasteiger partial charge in [0, 0.05) is 38.9 Å². The largest absolute Gasteiger partial charge is 0.343 e. The first kappa shape index (κ1) is 16.8. The van der Waals surface area contributed by atoms with Crippen LogP contribution in [0.1, 0.15) is 26.5 Å². The highest BCUT2D eigenvalue weighted by Crippen LogP contribution is 2.21. The van der Waals surface area contributed by atoms with Crippen LogP contribution >= 0.6 is 11.3 Å². The van der Waals surface area contributed by atoms with Crippen LogP contribution in [0, 0.1) is 6.92 Å². The Morgan fingerprint density at radius 3 is 2.72 bits per heavy atom. The number of rotatable bonds is 3. The lowest BCUT2D eigenvalue weighted by molar-refractivity contribution is 0.0822. The molecule has 0 aromatic carbocycles. The third-order valence-electron chi connectivity index (χ3n) is 3.77. The number of nitrogens with one attached hydrogen (secondary N) is 1. The van der Waals surface area contributed by atoms with Crippen LogP contribution in [0.15, 0.2) is 22.6 Å². The number of fused-ring (bicyclic) bond motifs is 1. The predicted octanol–water partition coefficient (Wildman–Crippen LogP) is 0.752. The molecule has 1 N–H and O–H groups in total. The summed E-state index contributed by atoms with van der Waals surface area (Å²) in [4.78, 5) is 43.2. The highest BCUT2D eigenvalue weighted by atomic mass is 32.1. The highest BCUT2D eigenvalue weighted by Gasteiger charge is 2.24. The quantitative estimate of drug-likeness (QED) is 0.743. The molecule has 0 spiro atoms. The molecule has 0 bridgehead atoms. The number of nitrogens with zero attached hydrogens (tertiary/aromatic N) is 5. The van der Waals surface area contributed by atoms with E-state index in [1.807, 2.05) is 0 Å². The van der Waals surface area contributed by atoms with Crippen molar-refractivity contribution in [3.8, 4) is 0 Å². The highest BCUT2D eigenvalue weighted by molar-refractivity contribution is 7.15. The minimum absolute atomic E-state index is 0.109. The van der Waals surface area contributed by atoms with Crippen LogP contribution in [0.2, 0.25) is 0 Å². The van der Waals surface area contributed by atoms with Gasteiger partial charge >= 0.3 is 0 Å². The molecule has 2 amide bonds. The molecule has 0 unspecified atom stereocenters. The van der Waals surface area contributed by atoms with E-state index in [2.05, 4.69) is 15.4 Å². The number of carbonyl (C=O) groups is 2. The zero-order chi connectivity index (χ0) is 18.3. The molecule has 0 saturated carbocycles. The molecule has 0 fully saturated rings. The molecule has 0 atom stereocenters. The summed E-state index contributed by atoms with van der Waals surface area (Å²) in [7, 11) is 4.86. The van der Waals surface area contributed by atoms with Gasteiger partial charge in [0.2, 0.25) is 0 Å². The maximum atomic E-state index is 12.6. The van der Waals surface area contributed by atoms with Gasteiger partial charge in [0.15, 0.2) is 10.7 Å². The zero-order valence-electron chi connectivity index (χ0n) is 14.1. The molecule has 130 valence electrons. The van der Waals surface area contributed by atoms with E-state index in [9.17, 15) is 14.4 Å². The Bertz CT molecular complexity index is 1050. The maximum absolute atomic E-state index is 12.6. The second kappa shape index (κ2) is 6.13. The van der Waals surface area contributed by atoms with E-state index in [1.165, 1.54) is 31.5 Å². The molecular weight excluding hydrogens is 344 g/mol. The van der Waals surface area contributed by atoms with Crippen molar-refractivity contribution in [1.82, 2.24) is 24.1 Å². The molecule has 3 rings (SSSR count). The Kier molecular flexibility index (Phi) is 4.13. The van der Waals surface area contributed by atoms with Gasteiger partial charge < -0.3 is 10.2 Å². The fraction of sp³-hybridized carbons (Fsp3) is 0.267. The maximum Gasteiger partial charge on any atom is 0.276 e. The Morgan fingerprint density at radius 1 is 1.32 bits per heavy atom. The SMILES string of the molecule is Cc1c(NC(=O)c2cnc3sccn3c2=O)c(C(=O)N(C)C)nn1C. The van der Waals surface area contributed by atoms with Crippen molar-refractivity contribution in [2.45, 2.75) is 6.92 Å². The lowest BCUT2D eigenvalue weighted by Gasteiger charge is -2.10. The van der Waals surface area contributed by atoms with Crippen molar-refractivity contribution in [2.24, 2.45) is 7.05 Å². The second-order valence-corrected chi connectivity index (χ2v) is 6.49. The summed E-state index contributed by atoms with van der Waals surface area (Å²) in [6, 6.07) is 0. The van der Waals surface area contributed by atoms with Crippen molar-refractivity contribution >= 4 is 33.8 Å². The first-order chi connectivity index (χ1) is 11.8. The molecule has 0 radical (unpaired) electrons. The summed E-state index contributed by atoms with van der Waals surface area (Å²) in [5, 5.41) is 8.50. The molecule has 3 aromatic rings. The van der Waals surface area contributed by atoms with Gasteiger partial charge in [-0.15, -0.1) is 11.3 Å². The van der Waals surface area contributed by atoms with E-state index in [4.69, 9.17) is 0 Å². The molecule has 0 aliphatic heterocycles. The van der Waals surface area contributed by atoms with E-state index in [1.54, 1.807) is 39.6 Å². The van der Waals surface area contributed by atoms with Crippen molar-refractivity contribution in [1.29, 1.82) is 0 Å². The third kappa shape index (κ3) is 2.80. The van der Waals surface area contributed by atoms with Gasteiger partial charge in [-0.05, 0) is 6.92 Å². The van der Waals surface area contributed by atoms with E-state index in [0.717, 1.165) is 0 Å². The van der Waals surface area contributed by atoms with Crippen molar-refractivity contribution in [2.75, 3.05) is 19.4 Å². The number of aryl methyl sites for hydroxylation is 1. The average molecular weight is 360 g/mol. The van der Waals surface area contributed by atoms with Crippen LogP contribution in [-0.4, -0.2) is 50.0 Å². The van der Waals surface area contributed by atoms with Crippen molar-refractivity contribution in [3.05, 3.63) is 45.1 Å². The molecule has 9 nitrogen and oxygen atoms in total. The van der Waals surface area contributed by atoms with Crippen LogP contribution < -0.4 is 10.9 Å². The fourth-order valence-electron chi connectivity index (χ4n) is 2.28. The normalized spacial score (nSPS) is 10.9. The van der Waals surface area contributed by atoms with Crippen LogP contribution in [-0.2, 0) is 7.05 Å². The van der Waals surface area contributed by atoms with Crippen molar-refractivity contribution < 1.29 is 9.59 Å². The van der Waals surface area contributed by atoms with E-state index in [-0.39, 0.29) is 22.9 Å². The van der Waals surface area contributed by atoms with Crippen molar-refractivity contribution in [3.63, 3.8) is 0 Å². The number of aromatic nitrogens is 4. The summed E-state index contributed by atoms with van der Waals surface area (Å²) in [5.41, 5.74) is 0.417. The summed E-state index contributed by atoms with van der Waals surface area (Å²) >= 11 is 1.30. The van der Waals surface area contributed by atoms with Gasteiger partial charge in [0.25, 0.3) is 17.4 Å². The molecule has 10 heteroatoms. The number of thiazole rings is 1. The van der Waals surface area contributed by atoms with Crippen LogP contribution in [0.4, 0.5) is 5.69 Å². The first-order valence-corrected chi connectivity index (χ1v) is 8.20. The zero-order valence-corrected chi connectivity index (χ0v) is 14.9. The lowest BCUT2D eigenvalue weighted by Crippen LogP contribution is -2.28. The molecule has 3 aromatic heterocycles. The number of amides is 2. The topological polar surface area (TPSA) is 102 Å². The average Bonchev–Trinajstić information content (AvgIpc) is 3.15. The lowest BCUT2D eigenvalue weighted by atomic mass is 10.2. The number of carbonyl (C=O) groups excluding carboxylic acids is 2. The Balaban J connectivity index is 2.02. The minimum atomic E-state index is -0.637. The van der Waals surface area contributed by atoms with Crippen LogP contribution in [0.25, 0.3) is 4.96 Å². The molecule has 0 saturated heterocycles. The van der Waals surface area contributed by atoms with Gasteiger partial charge in [-0.3, -0.25) is 23.5 Å².